The lowest BCUT2D eigenvalue weighted by Crippen LogP contribution is -2.18. The number of hydrogen-bond donors (Lipinski definition) is 0. The average Bonchev–Trinajstić information content (AvgIpc) is 2.28. The second kappa shape index (κ2) is 4.96. The Labute approximate surface area is 120 Å². The fraction of sp³-hybridized carbons (Fsp3) is 0.0833. The highest BCUT2D eigenvalue weighted by atomic mass is 79.9. The lowest BCUT2D eigenvalue weighted by Gasteiger charge is -2.10. The molecule has 0 unspecified atom stereocenters. The van der Waals surface area contributed by atoms with Gasteiger partial charge in [0.05, 0.1) is 5.69 Å². The fourth-order valence-electron chi connectivity index (χ4n) is 1.57. The van der Waals surface area contributed by atoms with Crippen LogP contribution >= 0.6 is 43.5 Å². The number of rotatable bonds is 1. The van der Waals surface area contributed by atoms with E-state index in [1.165, 1.54) is 4.57 Å². The van der Waals surface area contributed by atoms with Gasteiger partial charge in [0.2, 0.25) is 0 Å². The highest BCUT2D eigenvalue weighted by molar-refractivity contribution is 9.11. The van der Waals surface area contributed by atoms with Crippen LogP contribution in [0.5, 0.6) is 0 Å². The van der Waals surface area contributed by atoms with Gasteiger partial charge in [-0.25, -0.2) is 0 Å². The van der Waals surface area contributed by atoms with Crippen molar-refractivity contribution < 1.29 is 0 Å². The molecule has 0 saturated carbocycles. The maximum atomic E-state index is 11.7. The fourth-order valence-corrected chi connectivity index (χ4v) is 3.01. The molecule has 5 heteroatoms. The summed E-state index contributed by atoms with van der Waals surface area (Å²) < 4.78 is 3.44. The van der Waals surface area contributed by atoms with E-state index in [1.807, 2.05) is 24.3 Å². The van der Waals surface area contributed by atoms with Gasteiger partial charge in [-0.15, -0.1) is 0 Å². The molecule has 2 aromatic rings. The molecule has 0 aliphatic heterocycles. The van der Waals surface area contributed by atoms with E-state index < -0.39 is 0 Å². The summed E-state index contributed by atoms with van der Waals surface area (Å²) in [5, 5.41) is 0.226. The van der Waals surface area contributed by atoms with Crippen LogP contribution in [0, 0.1) is 0 Å². The molecule has 0 aliphatic rings. The van der Waals surface area contributed by atoms with Gasteiger partial charge in [0.25, 0.3) is 5.56 Å². The first kappa shape index (κ1) is 12.9. The standard InChI is InChI=1S/C12H8Br2ClNO/c1-16-11(5-4-10(15)12(16)17)8-3-2-7(13)6-9(8)14/h2-6H,1H3. The second-order valence-corrected chi connectivity index (χ2v) is 5.73. The Morgan fingerprint density at radius 3 is 2.53 bits per heavy atom. The van der Waals surface area contributed by atoms with E-state index in [-0.39, 0.29) is 10.6 Å². The van der Waals surface area contributed by atoms with Crippen LogP contribution in [0.4, 0.5) is 0 Å². The molecule has 0 bridgehead atoms. The van der Waals surface area contributed by atoms with E-state index in [2.05, 4.69) is 31.9 Å². The molecule has 0 amide bonds. The number of benzene rings is 1. The predicted molar refractivity (Wildman–Crippen MR) is 77.5 cm³/mol. The van der Waals surface area contributed by atoms with Crippen molar-refractivity contribution in [1.29, 1.82) is 0 Å². The number of hydrogen-bond acceptors (Lipinski definition) is 1. The summed E-state index contributed by atoms with van der Waals surface area (Å²) in [6.07, 6.45) is 0. The summed E-state index contributed by atoms with van der Waals surface area (Å²) in [6.45, 7) is 0. The van der Waals surface area contributed by atoms with Crippen molar-refractivity contribution >= 4 is 43.5 Å². The highest BCUT2D eigenvalue weighted by Crippen LogP contribution is 2.30. The van der Waals surface area contributed by atoms with Crippen molar-refractivity contribution in [3.63, 3.8) is 0 Å². The van der Waals surface area contributed by atoms with Gasteiger partial charge < -0.3 is 4.57 Å². The first-order valence-corrected chi connectivity index (χ1v) is 6.78. The van der Waals surface area contributed by atoms with Crippen molar-refractivity contribution in [2.45, 2.75) is 0 Å². The average molecular weight is 377 g/mol. The SMILES string of the molecule is Cn1c(-c2ccc(Br)cc2Br)ccc(Cl)c1=O. The maximum Gasteiger partial charge on any atom is 0.269 e. The summed E-state index contributed by atoms with van der Waals surface area (Å²) >= 11 is 12.7. The highest BCUT2D eigenvalue weighted by Gasteiger charge is 2.09. The molecule has 2 nitrogen and oxygen atoms in total. The quantitative estimate of drug-likeness (QED) is 0.729. The summed E-state index contributed by atoms with van der Waals surface area (Å²) in [5.74, 6) is 0. The van der Waals surface area contributed by atoms with Crippen LogP contribution in [-0.4, -0.2) is 4.57 Å². The van der Waals surface area contributed by atoms with E-state index in [4.69, 9.17) is 11.6 Å². The van der Waals surface area contributed by atoms with Gasteiger partial charge >= 0.3 is 0 Å². The first-order valence-electron chi connectivity index (χ1n) is 4.81. The lowest BCUT2D eigenvalue weighted by molar-refractivity contribution is 0.870. The Hall–Kier alpha value is -0.580. The van der Waals surface area contributed by atoms with Gasteiger partial charge in [-0.3, -0.25) is 4.79 Å². The van der Waals surface area contributed by atoms with Crippen molar-refractivity contribution in [3.05, 3.63) is 54.7 Å². The second-order valence-electron chi connectivity index (χ2n) is 3.55. The molecule has 2 rings (SSSR count). The Balaban J connectivity index is 2.69. The summed E-state index contributed by atoms with van der Waals surface area (Å²) in [5.41, 5.74) is 1.57. The Morgan fingerprint density at radius 2 is 1.88 bits per heavy atom. The summed E-state index contributed by atoms with van der Waals surface area (Å²) in [6, 6.07) is 9.26. The van der Waals surface area contributed by atoms with E-state index >= 15 is 0 Å². The molecular formula is C12H8Br2ClNO. The van der Waals surface area contributed by atoms with E-state index in [1.54, 1.807) is 13.1 Å². The van der Waals surface area contributed by atoms with E-state index in [0.29, 0.717) is 0 Å². The van der Waals surface area contributed by atoms with Gasteiger partial charge in [-0.05, 0) is 24.3 Å². The zero-order valence-corrected chi connectivity index (χ0v) is 12.8. The van der Waals surface area contributed by atoms with Crippen LogP contribution in [0.2, 0.25) is 5.02 Å². The van der Waals surface area contributed by atoms with Gasteiger partial charge in [-0.1, -0.05) is 49.5 Å². The molecule has 0 saturated heterocycles. The van der Waals surface area contributed by atoms with Gasteiger partial charge in [0.15, 0.2) is 0 Å². The molecule has 0 atom stereocenters. The normalized spacial score (nSPS) is 10.6. The molecule has 1 heterocycles. The zero-order valence-electron chi connectivity index (χ0n) is 8.88. The largest absolute Gasteiger partial charge is 0.310 e. The van der Waals surface area contributed by atoms with Crippen molar-refractivity contribution in [1.82, 2.24) is 4.57 Å². The molecule has 0 aliphatic carbocycles. The van der Waals surface area contributed by atoms with Crippen LogP contribution in [0.15, 0.2) is 44.1 Å². The van der Waals surface area contributed by atoms with Crippen molar-refractivity contribution in [2.24, 2.45) is 7.05 Å². The van der Waals surface area contributed by atoms with E-state index in [9.17, 15) is 4.79 Å². The molecule has 0 radical (unpaired) electrons. The molecule has 88 valence electrons. The zero-order chi connectivity index (χ0) is 12.6. The van der Waals surface area contributed by atoms with Crippen LogP contribution in [0.25, 0.3) is 11.3 Å². The third-order valence-electron chi connectivity index (χ3n) is 2.46. The molecule has 1 aromatic carbocycles. The van der Waals surface area contributed by atoms with Crippen LogP contribution in [0.3, 0.4) is 0 Å². The Kier molecular flexibility index (Phi) is 3.76. The van der Waals surface area contributed by atoms with E-state index in [0.717, 1.165) is 20.2 Å². The number of aromatic nitrogens is 1. The third-order valence-corrected chi connectivity index (χ3v) is 3.90. The number of halogens is 3. The van der Waals surface area contributed by atoms with Gasteiger partial charge in [0, 0.05) is 21.6 Å². The molecule has 17 heavy (non-hydrogen) atoms. The lowest BCUT2D eigenvalue weighted by atomic mass is 10.1. The molecule has 0 fully saturated rings. The van der Waals surface area contributed by atoms with Crippen molar-refractivity contribution in [3.8, 4) is 11.3 Å². The minimum absolute atomic E-state index is 0.195. The topological polar surface area (TPSA) is 22.0 Å². The van der Waals surface area contributed by atoms with Crippen molar-refractivity contribution in [2.75, 3.05) is 0 Å². The number of nitrogens with zero attached hydrogens (tertiary/aromatic N) is 1. The summed E-state index contributed by atoms with van der Waals surface area (Å²) in [4.78, 5) is 11.7. The first-order chi connectivity index (χ1) is 8.00. The smallest absolute Gasteiger partial charge is 0.269 e. The predicted octanol–water partition coefficient (Wildman–Crippen LogP) is 4.23. The minimum atomic E-state index is -0.195. The minimum Gasteiger partial charge on any atom is -0.310 e. The van der Waals surface area contributed by atoms with Gasteiger partial charge in [0.1, 0.15) is 5.02 Å². The van der Waals surface area contributed by atoms with Crippen LogP contribution < -0.4 is 5.56 Å². The number of pyridine rings is 1. The monoisotopic (exact) mass is 375 g/mol. The molecular weight excluding hydrogens is 369 g/mol. The third kappa shape index (κ3) is 2.49. The van der Waals surface area contributed by atoms with Crippen LogP contribution in [-0.2, 0) is 7.05 Å². The maximum absolute atomic E-state index is 11.7. The Morgan fingerprint density at radius 1 is 1.18 bits per heavy atom. The Bertz CT molecular complexity index is 637. The van der Waals surface area contributed by atoms with Gasteiger partial charge in [-0.2, -0.15) is 0 Å². The van der Waals surface area contributed by atoms with Crippen LogP contribution in [0.1, 0.15) is 0 Å². The summed E-state index contributed by atoms with van der Waals surface area (Å²) in [7, 11) is 1.71. The molecule has 0 N–H and O–H groups in total. The molecule has 1 aromatic heterocycles. The molecule has 0 spiro atoms.